The number of nitrogens with zero attached hydrogens (tertiary/aromatic N) is 7. The molecule has 4 aromatic rings. The lowest BCUT2D eigenvalue weighted by atomic mass is 10.0. The lowest BCUT2D eigenvalue weighted by molar-refractivity contribution is -0.136. The Kier molecular flexibility index (Phi) is 10.7. The lowest BCUT2D eigenvalue weighted by Gasteiger charge is -2.48. The largest absolute Gasteiger partial charge is 0.394 e. The second kappa shape index (κ2) is 16.1. The summed E-state index contributed by atoms with van der Waals surface area (Å²) >= 11 is 0. The van der Waals surface area contributed by atoms with E-state index in [-0.39, 0.29) is 54.6 Å². The van der Waals surface area contributed by atoms with Crippen LogP contribution >= 0.6 is 0 Å². The predicted octanol–water partition coefficient (Wildman–Crippen LogP) is 3.09. The van der Waals surface area contributed by atoms with Crippen molar-refractivity contribution in [2.24, 2.45) is 0 Å². The maximum Gasteiger partial charge on any atom is 0.321 e. The molecule has 17 nitrogen and oxygen atoms in total. The van der Waals surface area contributed by atoms with Gasteiger partial charge < -0.3 is 30.9 Å². The van der Waals surface area contributed by atoms with Crippen molar-refractivity contribution < 1.29 is 29.1 Å². The second-order valence-electron chi connectivity index (χ2n) is 15.7. The zero-order chi connectivity index (χ0) is 40.7. The first-order valence-electron chi connectivity index (χ1n) is 20.0. The van der Waals surface area contributed by atoms with Crippen LogP contribution in [0.4, 0.5) is 27.8 Å². The van der Waals surface area contributed by atoms with Crippen LogP contribution < -0.4 is 26.2 Å². The van der Waals surface area contributed by atoms with E-state index in [4.69, 9.17) is 4.98 Å². The van der Waals surface area contributed by atoms with Crippen molar-refractivity contribution in [1.29, 1.82) is 0 Å². The quantitative estimate of drug-likeness (QED) is 0.132. The lowest BCUT2D eigenvalue weighted by Crippen LogP contribution is -2.64. The van der Waals surface area contributed by atoms with Gasteiger partial charge in [0.15, 0.2) is 5.65 Å². The molecule has 0 radical (unpaired) electrons. The van der Waals surface area contributed by atoms with Gasteiger partial charge in [-0.1, -0.05) is 32.9 Å². The Morgan fingerprint density at radius 1 is 0.966 bits per heavy atom. The van der Waals surface area contributed by atoms with Gasteiger partial charge in [0.1, 0.15) is 17.7 Å². The first-order chi connectivity index (χ1) is 28.0. The Morgan fingerprint density at radius 2 is 1.71 bits per heavy atom. The molecule has 6 heterocycles. The number of piperazine rings is 1. The summed E-state index contributed by atoms with van der Waals surface area (Å²) in [5.41, 5.74) is 4.90. The van der Waals surface area contributed by atoms with Crippen molar-refractivity contribution in [3.63, 3.8) is 0 Å². The molecule has 3 fully saturated rings. The molecule has 0 spiro atoms. The van der Waals surface area contributed by atoms with Gasteiger partial charge in [0.25, 0.3) is 11.8 Å². The van der Waals surface area contributed by atoms with Gasteiger partial charge in [-0.15, -0.1) is 0 Å². The molecule has 0 aliphatic carbocycles. The highest BCUT2D eigenvalue weighted by atomic mass is 16.3. The summed E-state index contributed by atoms with van der Waals surface area (Å²) in [6.07, 6.45) is 2.80. The normalized spacial score (nSPS) is 19.4. The number of aliphatic hydroxyl groups excluding tert-OH is 1. The van der Waals surface area contributed by atoms with E-state index in [1.807, 2.05) is 49.5 Å². The summed E-state index contributed by atoms with van der Waals surface area (Å²) in [5, 5.41) is 26.4. The van der Waals surface area contributed by atoms with Crippen LogP contribution in [-0.2, 0) is 16.1 Å². The minimum Gasteiger partial charge on any atom is -0.394 e. The van der Waals surface area contributed by atoms with Gasteiger partial charge in [-0.3, -0.25) is 34.3 Å². The van der Waals surface area contributed by atoms with Crippen LogP contribution in [0.3, 0.4) is 0 Å². The molecule has 17 heteroatoms. The minimum absolute atomic E-state index is 0.00840. The van der Waals surface area contributed by atoms with Crippen LogP contribution in [0.15, 0.2) is 54.7 Å². The number of hydrogen-bond acceptors (Lipinski definition) is 12. The van der Waals surface area contributed by atoms with E-state index in [1.165, 1.54) is 0 Å². The van der Waals surface area contributed by atoms with Crippen molar-refractivity contribution in [2.45, 2.75) is 70.6 Å². The molecule has 0 bridgehead atoms. The first kappa shape index (κ1) is 38.8. The van der Waals surface area contributed by atoms with Crippen molar-refractivity contribution in [1.82, 2.24) is 34.6 Å². The smallest absolute Gasteiger partial charge is 0.321 e. The number of rotatable bonds is 12. The second-order valence-corrected chi connectivity index (χ2v) is 15.7. The van der Waals surface area contributed by atoms with Crippen LogP contribution in [0.5, 0.6) is 0 Å². The van der Waals surface area contributed by atoms with Gasteiger partial charge >= 0.3 is 6.03 Å². The number of aliphatic hydroxyl groups is 1. The van der Waals surface area contributed by atoms with E-state index >= 15 is 0 Å². The Hall–Kier alpha value is -6.07. The number of nitrogens with one attached hydrogen (secondary N) is 4. The summed E-state index contributed by atoms with van der Waals surface area (Å²) < 4.78 is 1.80. The van der Waals surface area contributed by atoms with Gasteiger partial charge in [-0.05, 0) is 54.7 Å². The third-order valence-corrected chi connectivity index (χ3v) is 11.6. The number of benzene rings is 2. The molecule has 3 saturated heterocycles. The Labute approximate surface area is 335 Å². The summed E-state index contributed by atoms with van der Waals surface area (Å²) in [6.45, 7) is 11.0. The number of hydrogen-bond donors (Lipinski definition) is 5. The summed E-state index contributed by atoms with van der Waals surface area (Å²) in [6, 6.07) is 13.9. The van der Waals surface area contributed by atoms with Crippen molar-refractivity contribution >= 4 is 58.3 Å². The average molecular weight is 792 g/mol. The number of urea groups is 1. The molecule has 2 atom stereocenters. The summed E-state index contributed by atoms with van der Waals surface area (Å²) in [4.78, 5) is 75.7. The third kappa shape index (κ3) is 7.54. The van der Waals surface area contributed by atoms with Crippen LogP contribution in [0.25, 0.3) is 5.65 Å². The number of likely N-dealkylation sites (tertiary alicyclic amines) is 1. The highest BCUT2D eigenvalue weighted by Crippen LogP contribution is 2.32. The first-order valence-corrected chi connectivity index (χ1v) is 20.0. The van der Waals surface area contributed by atoms with E-state index in [0.29, 0.717) is 31.1 Å². The van der Waals surface area contributed by atoms with Crippen LogP contribution in [0.2, 0.25) is 0 Å². The standard InChI is InChI=1S/C41H49N11O6/c1-4-26(23-53)44-34-18-35(52-37(46-34)32(20-43-52)24(2)3)42-19-25-5-7-27(8-6-25)45-41(58)50-21-29(22-50)49-15-13-48(14-16-49)28-9-10-30-31(17-28)40(57)51(39(30)56)33-11-12-36(54)47-38(33)55/h5-10,17-18,20,24,26,29,33,42,53H,4,11-16,19,21-23H2,1-3H3,(H,44,46)(H,45,58)(H,47,54,55)/t26-,33?/m0/s1. The fraction of sp³-hybridized carbons (Fsp3) is 0.439. The molecule has 58 heavy (non-hydrogen) atoms. The number of piperidine rings is 1. The average Bonchev–Trinajstić information content (AvgIpc) is 3.74. The molecule has 1 unspecified atom stereocenters. The number of anilines is 4. The van der Waals surface area contributed by atoms with Gasteiger partial charge in [0.2, 0.25) is 11.8 Å². The Balaban J connectivity index is 0.807. The number of aromatic nitrogens is 3. The maximum atomic E-state index is 13.3. The SMILES string of the molecule is CC[C@@H](CO)Nc1cc(NCc2ccc(NC(=O)N3CC(N4CCN(c5ccc6c(c5)C(=O)N(C5CCC(=O)NC5=O)C6=O)CC4)C3)cc2)n2ncc(C(C)C)c2n1. The fourth-order valence-corrected chi connectivity index (χ4v) is 8.03. The van der Waals surface area contributed by atoms with Gasteiger partial charge in [-0.2, -0.15) is 9.61 Å². The number of carbonyl (C=O) groups excluding carboxylic acids is 5. The Morgan fingerprint density at radius 3 is 2.40 bits per heavy atom. The molecule has 8 rings (SSSR count). The molecular weight excluding hydrogens is 743 g/mol. The fourth-order valence-electron chi connectivity index (χ4n) is 8.03. The maximum absolute atomic E-state index is 13.3. The molecular formula is C41H49N11O6. The van der Waals surface area contributed by atoms with E-state index in [2.05, 4.69) is 50.0 Å². The zero-order valence-electron chi connectivity index (χ0n) is 32.9. The molecule has 4 aliphatic rings. The molecule has 5 N–H and O–H groups in total. The van der Waals surface area contributed by atoms with Gasteiger partial charge in [0.05, 0.1) is 30.0 Å². The molecule has 6 amide bonds. The number of imide groups is 2. The predicted molar refractivity (Wildman–Crippen MR) is 217 cm³/mol. The highest BCUT2D eigenvalue weighted by Gasteiger charge is 2.45. The highest BCUT2D eigenvalue weighted by molar-refractivity contribution is 6.23. The molecule has 0 saturated carbocycles. The van der Waals surface area contributed by atoms with E-state index in [1.54, 1.807) is 21.5 Å². The van der Waals surface area contributed by atoms with Gasteiger partial charge in [-0.25, -0.2) is 9.78 Å². The van der Waals surface area contributed by atoms with Crippen molar-refractivity contribution in [2.75, 3.05) is 66.7 Å². The van der Waals surface area contributed by atoms with E-state index in [0.717, 1.165) is 65.8 Å². The molecule has 2 aromatic carbocycles. The zero-order valence-corrected chi connectivity index (χ0v) is 32.9. The topological polar surface area (TPSA) is 197 Å². The van der Waals surface area contributed by atoms with Crippen molar-refractivity contribution in [3.8, 4) is 0 Å². The Bertz CT molecular complexity index is 2240. The molecule has 4 aliphatic heterocycles. The summed E-state index contributed by atoms with van der Waals surface area (Å²) in [7, 11) is 0. The van der Waals surface area contributed by atoms with Gasteiger partial charge in [0, 0.05) is 81.3 Å². The van der Waals surface area contributed by atoms with E-state index in [9.17, 15) is 29.1 Å². The minimum atomic E-state index is -0.993. The number of carbonyl (C=O) groups is 5. The number of amides is 6. The van der Waals surface area contributed by atoms with Crippen LogP contribution in [-0.4, -0.2) is 128 Å². The van der Waals surface area contributed by atoms with Crippen molar-refractivity contribution in [3.05, 3.63) is 77.0 Å². The van der Waals surface area contributed by atoms with Crippen LogP contribution in [0, 0.1) is 0 Å². The monoisotopic (exact) mass is 791 g/mol. The molecule has 2 aromatic heterocycles. The molecule has 304 valence electrons. The third-order valence-electron chi connectivity index (χ3n) is 11.6. The van der Waals surface area contributed by atoms with Crippen LogP contribution in [0.1, 0.15) is 77.8 Å². The number of fused-ring (bicyclic) bond motifs is 2. The summed E-state index contributed by atoms with van der Waals surface area (Å²) in [5.74, 6) is -0.370. The van der Waals surface area contributed by atoms with E-state index < -0.39 is 29.7 Å².